The molecule has 4 aromatic carbocycles. The number of hydrazone groups is 1. The summed E-state index contributed by atoms with van der Waals surface area (Å²) in [6.07, 6.45) is 1.46. The van der Waals surface area contributed by atoms with E-state index in [1.54, 1.807) is 78.9 Å². The summed E-state index contributed by atoms with van der Waals surface area (Å²) in [7, 11) is 0. The van der Waals surface area contributed by atoms with Gasteiger partial charge >= 0.3 is 0 Å². The van der Waals surface area contributed by atoms with E-state index in [0.717, 1.165) is 5.56 Å². The van der Waals surface area contributed by atoms with Gasteiger partial charge in [-0.1, -0.05) is 72.8 Å². The van der Waals surface area contributed by atoms with Crippen LogP contribution in [0.25, 0.3) is 0 Å². The Kier molecular flexibility index (Phi) is 8.28. The van der Waals surface area contributed by atoms with Crippen molar-refractivity contribution in [3.8, 4) is 11.5 Å². The van der Waals surface area contributed by atoms with Gasteiger partial charge in [0.1, 0.15) is 12.4 Å². The summed E-state index contributed by atoms with van der Waals surface area (Å²) in [4.78, 5) is 13.2. The molecule has 0 atom stereocenters. The third-order valence-electron chi connectivity index (χ3n) is 5.67. The minimum atomic E-state index is -1.92. The summed E-state index contributed by atoms with van der Waals surface area (Å²) < 4.78 is 24.7. The van der Waals surface area contributed by atoms with E-state index in [4.69, 9.17) is 9.47 Å². The van der Waals surface area contributed by atoms with Gasteiger partial charge < -0.3 is 14.6 Å². The fourth-order valence-corrected chi connectivity index (χ4v) is 3.77. The maximum absolute atomic E-state index is 13.2. The Balaban J connectivity index is 1.49. The molecule has 37 heavy (non-hydrogen) atoms. The molecule has 0 heterocycles. The second kappa shape index (κ2) is 12.0. The Morgan fingerprint density at radius 1 is 0.892 bits per heavy atom. The molecule has 188 valence electrons. The minimum Gasteiger partial charge on any atom is -0.490 e. The van der Waals surface area contributed by atoms with Gasteiger partial charge in [-0.05, 0) is 59.5 Å². The average Bonchev–Trinajstić information content (AvgIpc) is 2.94. The van der Waals surface area contributed by atoms with Crippen LogP contribution in [0.2, 0.25) is 0 Å². The summed E-state index contributed by atoms with van der Waals surface area (Å²) in [5, 5.41) is 15.6. The van der Waals surface area contributed by atoms with Crippen LogP contribution in [0.3, 0.4) is 0 Å². The number of amides is 1. The molecule has 0 saturated heterocycles. The highest BCUT2D eigenvalue weighted by Crippen LogP contribution is 2.30. The molecule has 0 radical (unpaired) electrons. The van der Waals surface area contributed by atoms with E-state index in [-0.39, 0.29) is 12.4 Å². The van der Waals surface area contributed by atoms with Gasteiger partial charge in [-0.25, -0.2) is 9.82 Å². The van der Waals surface area contributed by atoms with E-state index in [1.807, 2.05) is 19.1 Å². The third kappa shape index (κ3) is 6.20. The Morgan fingerprint density at radius 3 is 2.11 bits per heavy atom. The zero-order valence-electron chi connectivity index (χ0n) is 20.3. The molecule has 6 nitrogen and oxygen atoms in total. The minimum absolute atomic E-state index is 0.251. The van der Waals surface area contributed by atoms with E-state index in [1.165, 1.54) is 18.3 Å². The molecular formula is C30H27FN2O4. The molecule has 2 N–H and O–H groups in total. The lowest BCUT2D eigenvalue weighted by molar-refractivity contribution is -0.136. The van der Waals surface area contributed by atoms with Gasteiger partial charge in [0.25, 0.3) is 5.91 Å². The number of carbonyl (C=O) groups excluding carboxylic acids is 1. The van der Waals surface area contributed by atoms with E-state index in [0.29, 0.717) is 34.8 Å². The first-order chi connectivity index (χ1) is 18.0. The van der Waals surface area contributed by atoms with Crippen molar-refractivity contribution in [1.29, 1.82) is 0 Å². The zero-order chi connectivity index (χ0) is 26.1. The van der Waals surface area contributed by atoms with Crippen molar-refractivity contribution in [2.45, 2.75) is 19.1 Å². The van der Waals surface area contributed by atoms with Crippen LogP contribution >= 0.6 is 0 Å². The second-order valence-electron chi connectivity index (χ2n) is 8.20. The molecular weight excluding hydrogens is 471 g/mol. The normalized spacial score (nSPS) is 11.3. The van der Waals surface area contributed by atoms with Crippen LogP contribution in [0.15, 0.2) is 108 Å². The van der Waals surface area contributed by atoms with E-state index in [9.17, 15) is 14.3 Å². The Bertz CT molecular complexity index is 1300. The van der Waals surface area contributed by atoms with Gasteiger partial charge in [-0.3, -0.25) is 4.79 Å². The van der Waals surface area contributed by atoms with Gasteiger partial charge in [-0.2, -0.15) is 5.10 Å². The van der Waals surface area contributed by atoms with Crippen LogP contribution < -0.4 is 14.9 Å². The molecule has 0 saturated carbocycles. The highest BCUT2D eigenvalue weighted by Gasteiger charge is 2.39. The Labute approximate surface area is 215 Å². The van der Waals surface area contributed by atoms with Crippen molar-refractivity contribution < 1.29 is 23.8 Å². The second-order valence-corrected chi connectivity index (χ2v) is 8.20. The summed E-state index contributed by atoms with van der Waals surface area (Å²) >= 11 is 0. The van der Waals surface area contributed by atoms with Crippen molar-refractivity contribution in [2.75, 3.05) is 6.61 Å². The monoisotopic (exact) mass is 498 g/mol. The molecule has 4 aromatic rings. The summed E-state index contributed by atoms with van der Waals surface area (Å²) in [6.45, 7) is 2.53. The largest absolute Gasteiger partial charge is 0.490 e. The number of halogens is 1. The Hall–Kier alpha value is -4.49. The molecule has 0 aliphatic heterocycles. The summed E-state index contributed by atoms with van der Waals surface area (Å²) in [5.41, 5.74) is 2.87. The van der Waals surface area contributed by atoms with E-state index < -0.39 is 11.5 Å². The average molecular weight is 499 g/mol. The summed E-state index contributed by atoms with van der Waals surface area (Å²) in [5.74, 6) is 0.0331. The number of hydrogen-bond donors (Lipinski definition) is 2. The number of aliphatic hydroxyl groups is 1. The van der Waals surface area contributed by atoms with Crippen molar-refractivity contribution >= 4 is 12.1 Å². The van der Waals surface area contributed by atoms with Gasteiger partial charge in [-0.15, -0.1) is 0 Å². The molecule has 4 rings (SSSR count). The van der Waals surface area contributed by atoms with Crippen molar-refractivity contribution in [3.05, 3.63) is 131 Å². The maximum Gasteiger partial charge on any atom is 0.281 e. The van der Waals surface area contributed by atoms with E-state index >= 15 is 0 Å². The van der Waals surface area contributed by atoms with Crippen LogP contribution in [-0.4, -0.2) is 23.8 Å². The van der Waals surface area contributed by atoms with Gasteiger partial charge in [0.15, 0.2) is 17.1 Å². The van der Waals surface area contributed by atoms with Gasteiger partial charge in [0.05, 0.1) is 12.8 Å². The van der Waals surface area contributed by atoms with Crippen LogP contribution in [0.1, 0.15) is 29.2 Å². The predicted octanol–water partition coefficient (Wildman–Crippen LogP) is 5.19. The van der Waals surface area contributed by atoms with Crippen LogP contribution in [0.5, 0.6) is 11.5 Å². The molecule has 0 aromatic heterocycles. The van der Waals surface area contributed by atoms with Crippen molar-refractivity contribution in [2.24, 2.45) is 5.10 Å². The highest BCUT2D eigenvalue weighted by molar-refractivity contribution is 5.91. The van der Waals surface area contributed by atoms with Crippen LogP contribution in [-0.2, 0) is 17.0 Å². The third-order valence-corrected chi connectivity index (χ3v) is 5.67. The SMILES string of the molecule is CCOc1cc(/C=N\NC(=O)C(O)(c2ccccc2)c2ccccc2)ccc1OCc1ccc(F)cc1. The number of ether oxygens (including phenoxy) is 2. The fourth-order valence-electron chi connectivity index (χ4n) is 3.77. The van der Waals surface area contributed by atoms with Gasteiger partial charge in [0.2, 0.25) is 0 Å². The zero-order valence-corrected chi connectivity index (χ0v) is 20.3. The molecule has 0 spiro atoms. The fraction of sp³-hybridized carbons (Fsp3) is 0.133. The number of nitrogens with one attached hydrogen (secondary N) is 1. The number of carbonyl (C=O) groups is 1. The molecule has 0 bridgehead atoms. The number of rotatable bonds is 10. The molecule has 0 aliphatic carbocycles. The van der Waals surface area contributed by atoms with Gasteiger partial charge in [0, 0.05) is 0 Å². The molecule has 0 fully saturated rings. The number of nitrogens with zero attached hydrogens (tertiary/aromatic N) is 1. The lowest BCUT2D eigenvalue weighted by Crippen LogP contribution is -2.43. The van der Waals surface area contributed by atoms with Crippen molar-refractivity contribution in [1.82, 2.24) is 5.43 Å². The molecule has 0 unspecified atom stereocenters. The lowest BCUT2D eigenvalue weighted by atomic mass is 9.85. The maximum atomic E-state index is 13.2. The smallest absolute Gasteiger partial charge is 0.281 e. The van der Waals surface area contributed by atoms with E-state index in [2.05, 4.69) is 10.5 Å². The first-order valence-corrected chi connectivity index (χ1v) is 11.8. The first-order valence-electron chi connectivity index (χ1n) is 11.8. The topological polar surface area (TPSA) is 80.2 Å². The first kappa shape index (κ1) is 25.6. The highest BCUT2D eigenvalue weighted by atomic mass is 19.1. The molecule has 1 amide bonds. The number of benzene rings is 4. The summed E-state index contributed by atoms with van der Waals surface area (Å²) in [6, 6.07) is 28.7. The van der Waals surface area contributed by atoms with Crippen molar-refractivity contribution in [3.63, 3.8) is 0 Å². The van der Waals surface area contributed by atoms with Crippen LogP contribution in [0, 0.1) is 5.82 Å². The Morgan fingerprint density at radius 2 is 1.51 bits per heavy atom. The van der Waals surface area contributed by atoms with Crippen LogP contribution in [0.4, 0.5) is 4.39 Å². The predicted molar refractivity (Wildman–Crippen MR) is 140 cm³/mol. The standard InChI is InChI=1S/C30H27FN2O4/c1-2-36-28-19-23(15-18-27(28)37-21-22-13-16-26(31)17-14-22)20-32-33-29(34)30(35,24-9-5-3-6-10-24)25-11-7-4-8-12-25/h3-20,35H,2,21H2,1H3,(H,33,34)/b32-20-. The quantitative estimate of drug-likeness (QED) is 0.233. The molecule has 0 aliphatic rings. The molecule has 7 heteroatoms. The number of hydrogen-bond acceptors (Lipinski definition) is 5. The lowest BCUT2D eigenvalue weighted by Gasteiger charge is -2.27.